The highest BCUT2D eigenvalue weighted by Gasteiger charge is 2.26. The number of rotatable bonds is 2. The van der Waals surface area contributed by atoms with Gasteiger partial charge in [-0.25, -0.2) is 4.98 Å². The summed E-state index contributed by atoms with van der Waals surface area (Å²) in [5.41, 5.74) is 0.661. The Morgan fingerprint density at radius 3 is 2.89 bits per heavy atom. The molecule has 2 heterocycles. The van der Waals surface area contributed by atoms with Crippen molar-refractivity contribution in [1.82, 2.24) is 19.5 Å². The van der Waals surface area contributed by atoms with Crippen molar-refractivity contribution in [3.8, 4) is 0 Å². The van der Waals surface area contributed by atoms with E-state index in [4.69, 9.17) is 0 Å². The number of fused-ring (bicyclic) bond motifs is 1. The standard InChI is InChI=1S/C12H17N5O2/c1-6-13-9-10(14-6)16-12(17(2)11(9)19)15-7-4-3-5-8(7)18/h7-8,18H,3-5H2,1-2H3,(H,13,14)(H,15,16)/t7-,8-/m1/s1. The molecule has 102 valence electrons. The van der Waals surface area contributed by atoms with E-state index in [1.807, 2.05) is 0 Å². The first-order valence-electron chi connectivity index (χ1n) is 6.44. The van der Waals surface area contributed by atoms with Gasteiger partial charge in [0.05, 0.1) is 12.1 Å². The van der Waals surface area contributed by atoms with Gasteiger partial charge in [0, 0.05) is 7.05 Å². The van der Waals surface area contributed by atoms with Gasteiger partial charge in [0.2, 0.25) is 5.95 Å². The third-order valence-electron chi connectivity index (χ3n) is 3.65. The zero-order valence-corrected chi connectivity index (χ0v) is 11.0. The third-order valence-corrected chi connectivity index (χ3v) is 3.65. The summed E-state index contributed by atoms with van der Waals surface area (Å²) < 4.78 is 1.45. The number of hydrogen-bond donors (Lipinski definition) is 3. The molecule has 0 radical (unpaired) electrons. The van der Waals surface area contributed by atoms with Crippen LogP contribution < -0.4 is 10.9 Å². The summed E-state index contributed by atoms with van der Waals surface area (Å²) in [6.45, 7) is 1.79. The predicted octanol–water partition coefficient (Wildman–Crippen LogP) is 0.290. The first kappa shape index (κ1) is 12.2. The van der Waals surface area contributed by atoms with E-state index in [1.54, 1.807) is 14.0 Å². The lowest BCUT2D eigenvalue weighted by atomic mass is 10.2. The fraction of sp³-hybridized carbons (Fsp3) is 0.583. The lowest BCUT2D eigenvalue weighted by Gasteiger charge is -2.18. The average molecular weight is 263 g/mol. The number of aryl methyl sites for hydroxylation is 1. The van der Waals surface area contributed by atoms with Crippen LogP contribution in [0.15, 0.2) is 4.79 Å². The Labute approximate surface area is 109 Å². The van der Waals surface area contributed by atoms with E-state index in [9.17, 15) is 9.90 Å². The van der Waals surface area contributed by atoms with Gasteiger partial charge in [0.15, 0.2) is 11.2 Å². The molecule has 7 nitrogen and oxygen atoms in total. The van der Waals surface area contributed by atoms with Crippen LogP contribution >= 0.6 is 0 Å². The number of imidazole rings is 1. The van der Waals surface area contributed by atoms with Gasteiger partial charge in [-0.2, -0.15) is 4.98 Å². The number of anilines is 1. The zero-order valence-electron chi connectivity index (χ0n) is 11.0. The molecule has 0 aliphatic heterocycles. The highest BCUT2D eigenvalue weighted by molar-refractivity contribution is 5.70. The molecule has 7 heteroatoms. The molecule has 1 aliphatic carbocycles. The van der Waals surface area contributed by atoms with Crippen molar-refractivity contribution in [3.63, 3.8) is 0 Å². The molecule has 1 aliphatic rings. The smallest absolute Gasteiger partial charge is 0.280 e. The largest absolute Gasteiger partial charge is 0.391 e. The number of aromatic nitrogens is 4. The number of nitrogens with zero attached hydrogens (tertiary/aromatic N) is 3. The molecule has 2 aromatic heterocycles. The number of nitrogens with one attached hydrogen (secondary N) is 2. The van der Waals surface area contributed by atoms with Gasteiger partial charge in [-0.1, -0.05) is 0 Å². The Morgan fingerprint density at radius 2 is 2.21 bits per heavy atom. The molecule has 2 aromatic rings. The second-order valence-corrected chi connectivity index (χ2v) is 5.07. The van der Waals surface area contributed by atoms with E-state index in [0.29, 0.717) is 22.9 Å². The summed E-state index contributed by atoms with van der Waals surface area (Å²) in [4.78, 5) is 23.6. The molecular formula is C12H17N5O2. The van der Waals surface area contributed by atoms with Gasteiger partial charge in [-0.15, -0.1) is 0 Å². The second-order valence-electron chi connectivity index (χ2n) is 5.07. The third kappa shape index (κ3) is 1.99. The van der Waals surface area contributed by atoms with Crippen molar-refractivity contribution in [3.05, 3.63) is 16.2 Å². The minimum absolute atomic E-state index is 0.0458. The van der Waals surface area contributed by atoms with Gasteiger partial charge in [-0.3, -0.25) is 9.36 Å². The van der Waals surface area contributed by atoms with Crippen molar-refractivity contribution in [2.45, 2.75) is 38.3 Å². The van der Waals surface area contributed by atoms with Crippen molar-refractivity contribution in [2.75, 3.05) is 5.32 Å². The van der Waals surface area contributed by atoms with Crippen molar-refractivity contribution >= 4 is 17.1 Å². The fourth-order valence-electron chi connectivity index (χ4n) is 2.55. The maximum atomic E-state index is 12.2. The van der Waals surface area contributed by atoms with E-state index in [-0.39, 0.29) is 17.7 Å². The van der Waals surface area contributed by atoms with Crippen LogP contribution in [0, 0.1) is 6.92 Å². The molecule has 1 saturated carbocycles. The first-order chi connectivity index (χ1) is 9.06. The summed E-state index contributed by atoms with van der Waals surface area (Å²) >= 11 is 0. The lowest BCUT2D eigenvalue weighted by Crippen LogP contribution is -2.32. The minimum atomic E-state index is -0.381. The highest BCUT2D eigenvalue weighted by Crippen LogP contribution is 2.22. The van der Waals surface area contributed by atoms with E-state index < -0.39 is 0 Å². The number of H-pyrrole nitrogens is 1. The average Bonchev–Trinajstić information content (AvgIpc) is 2.93. The highest BCUT2D eigenvalue weighted by atomic mass is 16.3. The van der Waals surface area contributed by atoms with E-state index >= 15 is 0 Å². The Balaban J connectivity index is 2.03. The molecule has 3 N–H and O–H groups in total. The van der Waals surface area contributed by atoms with Crippen LogP contribution in [0.3, 0.4) is 0 Å². The number of aromatic amines is 1. The molecule has 2 atom stereocenters. The Morgan fingerprint density at radius 1 is 1.42 bits per heavy atom. The van der Waals surface area contributed by atoms with Gasteiger partial charge in [0.25, 0.3) is 5.56 Å². The number of hydrogen-bond acceptors (Lipinski definition) is 5. The Kier molecular flexibility index (Phi) is 2.78. The minimum Gasteiger partial charge on any atom is -0.391 e. The van der Waals surface area contributed by atoms with Crippen LogP contribution in [0.4, 0.5) is 5.95 Å². The maximum Gasteiger partial charge on any atom is 0.280 e. The lowest BCUT2D eigenvalue weighted by molar-refractivity contribution is 0.171. The van der Waals surface area contributed by atoms with Crippen molar-refractivity contribution in [2.24, 2.45) is 7.05 Å². The van der Waals surface area contributed by atoms with Gasteiger partial charge in [-0.05, 0) is 26.2 Å². The van der Waals surface area contributed by atoms with E-state index in [2.05, 4.69) is 20.3 Å². The van der Waals surface area contributed by atoms with Crippen LogP contribution in [0.1, 0.15) is 25.1 Å². The molecule has 0 amide bonds. The maximum absolute atomic E-state index is 12.2. The normalized spacial score (nSPS) is 23.1. The topological polar surface area (TPSA) is 95.8 Å². The summed E-state index contributed by atoms with van der Waals surface area (Å²) in [6, 6.07) is -0.0458. The molecule has 0 spiro atoms. The molecular weight excluding hydrogens is 246 g/mol. The van der Waals surface area contributed by atoms with Gasteiger partial charge in [0.1, 0.15) is 5.82 Å². The van der Waals surface area contributed by atoms with E-state index in [0.717, 1.165) is 19.3 Å². The van der Waals surface area contributed by atoms with E-state index in [1.165, 1.54) is 4.57 Å². The second kappa shape index (κ2) is 4.34. The summed E-state index contributed by atoms with van der Waals surface area (Å²) in [7, 11) is 1.66. The van der Waals surface area contributed by atoms with Crippen LogP contribution in [0.2, 0.25) is 0 Å². The van der Waals surface area contributed by atoms with Crippen molar-refractivity contribution < 1.29 is 5.11 Å². The first-order valence-corrected chi connectivity index (χ1v) is 6.44. The predicted molar refractivity (Wildman–Crippen MR) is 71.1 cm³/mol. The molecule has 0 bridgehead atoms. The summed E-state index contributed by atoms with van der Waals surface area (Å²) in [5.74, 6) is 1.12. The van der Waals surface area contributed by atoms with Crippen molar-refractivity contribution in [1.29, 1.82) is 0 Å². The quantitative estimate of drug-likeness (QED) is 0.723. The molecule has 0 saturated heterocycles. The summed E-state index contributed by atoms with van der Waals surface area (Å²) in [6.07, 6.45) is 2.27. The zero-order chi connectivity index (χ0) is 13.6. The van der Waals surface area contributed by atoms with Crippen LogP contribution in [-0.2, 0) is 7.05 Å². The molecule has 0 unspecified atom stereocenters. The summed E-state index contributed by atoms with van der Waals surface area (Å²) in [5, 5.41) is 13.0. The molecule has 1 fully saturated rings. The SMILES string of the molecule is Cc1nc2nc(N[C@@H]3CCC[C@H]3O)n(C)c(=O)c2[nH]1. The molecule has 0 aromatic carbocycles. The Bertz CT molecular complexity index is 675. The van der Waals surface area contributed by atoms with Gasteiger partial charge < -0.3 is 15.4 Å². The van der Waals surface area contributed by atoms with Crippen LogP contribution in [0.25, 0.3) is 11.2 Å². The molecule has 19 heavy (non-hydrogen) atoms. The van der Waals surface area contributed by atoms with Crippen LogP contribution in [-0.4, -0.2) is 36.8 Å². The number of aliphatic hydroxyl groups excluding tert-OH is 1. The molecule has 3 rings (SSSR count). The van der Waals surface area contributed by atoms with Crippen LogP contribution in [0.5, 0.6) is 0 Å². The fourth-order valence-corrected chi connectivity index (χ4v) is 2.55. The number of aliphatic hydroxyl groups is 1. The van der Waals surface area contributed by atoms with Gasteiger partial charge >= 0.3 is 0 Å². The Hall–Kier alpha value is -1.89. The monoisotopic (exact) mass is 263 g/mol.